The van der Waals surface area contributed by atoms with E-state index in [0.29, 0.717) is 0 Å². The van der Waals surface area contributed by atoms with Gasteiger partial charge in [0, 0.05) is 5.56 Å². The lowest BCUT2D eigenvalue weighted by molar-refractivity contribution is -0.0417. The predicted molar refractivity (Wildman–Crippen MR) is 80.7 cm³/mol. The molecule has 1 aliphatic rings. The van der Waals surface area contributed by atoms with Gasteiger partial charge in [0.1, 0.15) is 0 Å². The summed E-state index contributed by atoms with van der Waals surface area (Å²) in [5.41, 5.74) is 1.73. The fraction of sp³-hybridized carbons (Fsp3) is 0.438. The molecule has 0 spiro atoms. The van der Waals surface area contributed by atoms with Gasteiger partial charge in [-0.25, -0.2) is 4.79 Å². The van der Waals surface area contributed by atoms with Gasteiger partial charge in [-0.3, -0.25) is 0 Å². The van der Waals surface area contributed by atoms with Crippen molar-refractivity contribution in [2.75, 3.05) is 5.06 Å². The van der Waals surface area contributed by atoms with Crippen molar-refractivity contribution in [2.24, 2.45) is 0 Å². The summed E-state index contributed by atoms with van der Waals surface area (Å²) in [5, 5.41) is 1.44. The van der Waals surface area contributed by atoms with E-state index in [4.69, 9.17) is 14.3 Å². The highest BCUT2D eigenvalue weighted by atomic mass is 16.8. The van der Waals surface area contributed by atoms with Gasteiger partial charge in [0.05, 0.1) is 17.9 Å². The zero-order valence-corrected chi connectivity index (χ0v) is 12.8. The van der Waals surface area contributed by atoms with Crippen LogP contribution < -0.4 is 5.06 Å². The summed E-state index contributed by atoms with van der Waals surface area (Å²) in [4.78, 5) is 17.1. The summed E-state index contributed by atoms with van der Waals surface area (Å²) in [7, 11) is 0. The van der Waals surface area contributed by atoms with E-state index in [-0.39, 0.29) is 12.2 Å². The molecule has 0 amide bonds. The molecule has 2 rings (SSSR count). The van der Waals surface area contributed by atoms with E-state index in [0.717, 1.165) is 11.3 Å². The van der Waals surface area contributed by atoms with E-state index in [2.05, 4.69) is 0 Å². The van der Waals surface area contributed by atoms with Crippen LogP contribution in [0.4, 0.5) is 10.5 Å². The third kappa shape index (κ3) is 3.98. The molecule has 0 fully saturated rings. The molecule has 0 aliphatic carbocycles. The number of carbonyl (C=O) groups excluding carboxylic acids is 1. The second kappa shape index (κ2) is 6.63. The van der Waals surface area contributed by atoms with E-state index in [1.54, 1.807) is 13.8 Å². The molecule has 0 bridgehead atoms. The van der Waals surface area contributed by atoms with Crippen molar-refractivity contribution in [3.05, 3.63) is 35.9 Å². The Balaban J connectivity index is 2.22. The molecule has 5 heteroatoms. The molecule has 1 atom stereocenters. The van der Waals surface area contributed by atoms with Crippen LogP contribution in [-0.2, 0) is 14.3 Å². The van der Waals surface area contributed by atoms with Gasteiger partial charge < -0.3 is 14.3 Å². The van der Waals surface area contributed by atoms with Crippen molar-refractivity contribution in [1.82, 2.24) is 0 Å². The minimum absolute atomic E-state index is 0.00266. The Morgan fingerprint density at radius 3 is 2.52 bits per heavy atom. The topological polar surface area (TPSA) is 48.0 Å². The first kappa shape index (κ1) is 15.4. The van der Waals surface area contributed by atoms with E-state index in [1.807, 2.05) is 50.3 Å². The van der Waals surface area contributed by atoms with Gasteiger partial charge in [-0.1, -0.05) is 24.3 Å². The van der Waals surface area contributed by atoms with E-state index in [1.165, 1.54) is 5.06 Å². The molecule has 0 N–H and O–H groups in total. The maximum Gasteiger partial charge on any atom is 0.533 e. The Morgan fingerprint density at radius 1 is 1.14 bits per heavy atom. The molecule has 0 saturated carbocycles. The number of para-hydroxylation sites is 1. The quantitative estimate of drug-likeness (QED) is 0.791. The Bertz CT molecular complexity index is 525. The molecular formula is C16H21NO4. The van der Waals surface area contributed by atoms with Crippen LogP contribution in [0.25, 0.3) is 6.08 Å². The summed E-state index contributed by atoms with van der Waals surface area (Å²) < 4.78 is 10.8. The molecule has 0 aromatic heterocycles. The van der Waals surface area contributed by atoms with Gasteiger partial charge in [-0.15, -0.1) is 0 Å². The number of fused-ring (bicyclic) bond motifs is 1. The minimum Gasteiger partial charge on any atom is -0.430 e. The van der Waals surface area contributed by atoms with Crippen molar-refractivity contribution in [3.63, 3.8) is 0 Å². The van der Waals surface area contributed by atoms with Gasteiger partial charge in [-0.05, 0) is 39.8 Å². The van der Waals surface area contributed by atoms with Gasteiger partial charge in [0.15, 0.2) is 6.23 Å². The normalized spacial score (nSPS) is 17.0. The summed E-state index contributed by atoms with van der Waals surface area (Å²) >= 11 is 0. The number of rotatable bonds is 4. The third-order valence-electron chi connectivity index (χ3n) is 2.76. The number of hydrogen-bond donors (Lipinski definition) is 0. The summed E-state index contributed by atoms with van der Waals surface area (Å²) in [5.74, 6) is 0. The Labute approximate surface area is 125 Å². The standard InChI is InChI=1S/C16H21NO4/c1-11(2)19-15-10-9-13-7-5-6-8-14(13)17(15)21-16(18)20-12(3)4/h5-12,15H,1-4H3. The lowest BCUT2D eigenvalue weighted by atomic mass is 10.1. The molecule has 1 aromatic carbocycles. The number of anilines is 1. The van der Waals surface area contributed by atoms with Gasteiger partial charge >= 0.3 is 6.16 Å². The molecular weight excluding hydrogens is 270 g/mol. The Kier molecular flexibility index (Phi) is 4.85. The number of benzene rings is 1. The molecule has 21 heavy (non-hydrogen) atoms. The van der Waals surface area contributed by atoms with Crippen molar-refractivity contribution in [3.8, 4) is 0 Å². The van der Waals surface area contributed by atoms with Crippen molar-refractivity contribution < 1.29 is 19.1 Å². The van der Waals surface area contributed by atoms with Gasteiger partial charge in [0.2, 0.25) is 0 Å². The Morgan fingerprint density at radius 2 is 1.86 bits per heavy atom. The van der Waals surface area contributed by atoms with Crippen LogP contribution in [0, 0.1) is 0 Å². The van der Waals surface area contributed by atoms with Crippen LogP contribution in [0.5, 0.6) is 0 Å². The number of ether oxygens (including phenoxy) is 2. The fourth-order valence-electron chi connectivity index (χ4n) is 2.01. The fourth-order valence-corrected chi connectivity index (χ4v) is 2.01. The van der Waals surface area contributed by atoms with Gasteiger partial charge in [0.25, 0.3) is 0 Å². The predicted octanol–water partition coefficient (Wildman–Crippen LogP) is 3.75. The average molecular weight is 291 g/mol. The van der Waals surface area contributed by atoms with Crippen molar-refractivity contribution >= 4 is 17.9 Å². The lowest BCUT2D eigenvalue weighted by Crippen LogP contribution is -2.41. The van der Waals surface area contributed by atoms with E-state index < -0.39 is 12.4 Å². The van der Waals surface area contributed by atoms with Crippen molar-refractivity contribution in [2.45, 2.75) is 46.1 Å². The number of nitrogens with zero attached hydrogens (tertiary/aromatic N) is 1. The molecule has 1 aromatic rings. The molecule has 5 nitrogen and oxygen atoms in total. The molecule has 114 valence electrons. The lowest BCUT2D eigenvalue weighted by Gasteiger charge is -2.33. The monoisotopic (exact) mass is 291 g/mol. The maximum absolute atomic E-state index is 11.8. The molecule has 1 aliphatic heterocycles. The van der Waals surface area contributed by atoms with Gasteiger partial charge in [-0.2, -0.15) is 5.06 Å². The SMILES string of the molecule is CC(C)OC(=O)ON1c2ccccc2C=CC1OC(C)C. The molecule has 0 saturated heterocycles. The number of carbonyl (C=O) groups is 1. The summed E-state index contributed by atoms with van der Waals surface area (Å²) in [6.07, 6.45) is 2.35. The highest BCUT2D eigenvalue weighted by molar-refractivity contribution is 5.72. The number of hydroxylamine groups is 1. The first-order valence-corrected chi connectivity index (χ1v) is 7.08. The maximum atomic E-state index is 11.8. The summed E-state index contributed by atoms with van der Waals surface area (Å²) in [6.45, 7) is 7.40. The van der Waals surface area contributed by atoms with Crippen LogP contribution in [0.15, 0.2) is 30.3 Å². The second-order valence-electron chi connectivity index (χ2n) is 5.33. The minimum atomic E-state index is -0.743. The first-order valence-electron chi connectivity index (χ1n) is 7.08. The van der Waals surface area contributed by atoms with Crippen LogP contribution in [0.2, 0.25) is 0 Å². The zero-order valence-electron chi connectivity index (χ0n) is 12.8. The largest absolute Gasteiger partial charge is 0.533 e. The van der Waals surface area contributed by atoms with Crippen LogP contribution in [0.3, 0.4) is 0 Å². The van der Waals surface area contributed by atoms with E-state index >= 15 is 0 Å². The summed E-state index contributed by atoms with van der Waals surface area (Å²) in [6, 6.07) is 7.63. The molecule has 1 unspecified atom stereocenters. The van der Waals surface area contributed by atoms with Crippen molar-refractivity contribution in [1.29, 1.82) is 0 Å². The zero-order chi connectivity index (χ0) is 15.4. The second-order valence-corrected chi connectivity index (χ2v) is 5.33. The van der Waals surface area contributed by atoms with Crippen LogP contribution in [-0.4, -0.2) is 24.6 Å². The molecule has 0 radical (unpaired) electrons. The molecule has 1 heterocycles. The highest BCUT2D eigenvalue weighted by Crippen LogP contribution is 2.30. The average Bonchev–Trinajstić information content (AvgIpc) is 2.40. The smallest absolute Gasteiger partial charge is 0.430 e. The van der Waals surface area contributed by atoms with Crippen LogP contribution >= 0.6 is 0 Å². The Hall–Kier alpha value is -2.01. The van der Waals surface area contributed by atoms with Crippen LogP contribution in [0.1, 0.15) is 33.3 Å². The first-order chi connectivity index (χ1) is 9.97. The third-order valence-corrected chi connectivity index (χ3v) is 2.76. The van der Waals surface area contributed by atoms with E-state index in [9.17, 15) is 4.79 Å². The number of hydrogen-bond acceptors (Lipinski definition) is 5. The highest BCUT2D eigenvalue weighted by Gasteiger charge is 2.28.